The van der Waals surface area contributed by atoms with Crippen LogP contribution in [0, 0.1) is 17.1 Å². The number of carbonyl (C=O) groups is 1. The van der Waals surface area contributed by atoms with Gasteiger partial charge in [-0.05, 0) is 50.2 Å². The van der Waals surface area contributed by atoms with Crippen LogP contribution in [0.3, 0.4) is 0 Å². The van der Waals surface area contributed by atoms with Crippen molar-refractivity contribution < 1.29 is 13.9 Å². The smallest absolute Gasteiger partial charge is 0.263 e. The van der Waals surface area contributed by atoms with Gasteiger partial charge in [-0.25, -0.2) is 4.39 Å². The Bertz CT molecular complexity index is 817. The molecule has 0 heterocycles. The summed E-state index contributed by atoms with van der Waals surface area (Å²) < 4.78 is 19.2. The Morgan fingerprint density at radius 2 is 1.92 bits per heavy atom. The Labute approximate surface area is 156 Å². The van der Waals surface area contributed by atoms with E-state index in [1.54, 1.807) is 44.2 Å². The summed E-state index contributed by atoms with van der Waals surface area (Å²) >= 11 is 5.83. The van der Waals surface area contributed by atoms with Crippen molar-refractivity contribution in [1.82, 2.24) is 5.32 Å². The molecule has 0 unspecified atom stereocenters. The zero-order chi connectivity index (χ0) is 19.2. The van der Waals surface area contributed by atoms with Crippen molar-refractivity contribution in [1.29, 1.82) is 5.26 Å². The molecule has 0 spiro atoms. The largest absolute Gasteiger partial charge is 0.478 e. The van der Waals surface area contributed by atoms with Gasteiger partial charge in [0.2, 0.25) is 0 Å². The number of carbonyl (C=O) groups excluding carboxylic acids is 1. The van der Waals surface area contributed by atoms with Crippen LogP contribution >= 0.6 is 11.6 Å². The van der Waals surface area contributed by atoms with Crippen LogP contribution in [-0.4, -0.2) is 24.6 Å². The predicted octanol–water partition coefficient (Wildman–Crippen LogP) is 3.74. The molecule has 2 N–H and O–H groups in total. The van der Waals surface area contributed by atoms with E-state index in [-0.39, 0.29) is 18.0 Å². The van der Waals surface area contributed by atoms with Gasteiger partial charge in [-0.3, -0.25) is 4.79 Å². The highest BCUT2D eigenvalue weighted by Crippen LogP contribution is 2.21. The monoisotopic (exact) mass is 375 g/mol. The fourth-order valence-electron chi connectivity index (χ4n) is 2.21. The van der Waals surface area contributed by atoms with Gasteiger partial charge in [0.05, 0.1) is 5.69 Å². The molecule has 7 heteroatoms. The molecule has 0 fully saturated rings. The van der Waals surface area contributed by atoms with Crippen LogP contribution in [0.1, 0.15) is 19.4 Å². The minimum absolute atomic E-state index is 0.0507. The highest BCUT2D eigenvalue weighted by Gasteiger charge is 2.29. The molecule has 2 rings (SSSR count). The summed E-state index contributed by atoms with van der Waals surface area (Å²) in [7, 11) is 0. The SMILES string of the molecule is CC(C)(Oc1ccc(Cl)cc1)C(=O)NCCNc1cccc(F)c1C#N. The average Bonchev–Trinajstić information content (AvgIpc) is 2.60. The Morgan fingerprint density at radius 3 is 2.58 bits per heavy atom. The second kappa shape index (κ2) is 8.54. The van der Waals surface area contributed by atoms with Crippen LogP contribution in [0.2, 0.25) is 5.02 Å². The number of anilines is 1. The molecule has 0 radical (unpaired) electrons. The number of amides is 1. The van der Waals surface area contributed by atoms with Crippen molar-refractivity contribution >= 4 is 23.2 Å². The van der Waals surface area contributed by atoms with Crippen LogP contribution in [-0.2, 0) is 4.79 Å². The standard InChI is InChI=1S/C19H19ClFN3O2/c1-19(2,26-14-8-6-13(20)7-9-14)18(25)24-11-10-23-17-5-3-4-16(21)15(17)12-22/h3-9,23H,10-11H2,1-2H3,(H,24,25). The van der Waals surface area contributed by atoms with Crippen molar-refractivity contribution in [3.05, 3.63) is 58.9 Å². The number of ether oxygens (including phenoxy) is 1. The number of benzene rings is 2. The van der Waals surface area contributed by atoms with Gasteiger partial charge in [-0.1, -0.05) is 17.7 Å². The Kier molecular flexibility index (Phi) is 6.42. The molecule has 0 aliphatic heterocycles. The molecule has 0 aliphatic rings. The first kappa shape index (κ1) is 19.5. The molecular formula is C19H19ClFN3O2. The summed E-state index contributed by atoms with van der Waals surface area (Å²) in [6.07, 6.45) is 0. The lowest BCUT2D eigenvalue weighted by Crippen LogP contribution is -2.47. The van der Waals surface area contributed by atoms with Crippen LogP contribution in [0.4, 0.5) is 10.1 Å². The molecule has 26 heavy (non-hydrogen) atoms. The van der Waals surface area contributed by atoms with E-state index in [1.165, 1.54) is 12.1 Å². The molecule has 0 aliphatic carbocycles. The third kappa shape index (κ3) is 5.11. The molecule has 5 nitrogen and oxygen atoms in total. The summed E-state index contributed by atoms with van der Waals surface area (Å²) in [5.41, 5.74) is -0.742. The van der Waals surface area contributed by atoms with Crippen LogP contribution in [0.25, 0.3) is 0 Å². The zero-order valence-electron chi connectivity index (χ0n) is 14.5. The van der Waals surface area contributed by atoms with Gasteiger partial charge < -0.3 is 15.4 Å². The van der Waals surface area contributed by atoms with E-state index in [1.807, 2.05) is 6.07 Å². The number of halogens is 2. The molecule has 0 bridgehead atoms. The first-order valence-electron chi connectivity index (χ1n) is 7.99. The van der Waals surface area contributed by atoms with Crippen LogP contribution in [0.5, 0.6) is 5.75 Å². The number of hydrogen-bond donors (Lipinski definition) is 2. The zero-order valence-corrected chi connectivity index (χ0v) is 15.2. The van der Waals surface area contributed by atoms with Gasteiger partial charge in [-0.15, -0.1) is 0 Å². The highest BCUT2D eigenvalue weighted by molar-refractivity contribution is 6.30. The van der Waals surface area contributed by atoms with Crippen molar-refractivity contribution in [3.63, 3.8) is 0 Å². The summed E-state index contributed by atoms with van der Waals surface area (Å²) in [6.45, 7) is 3.93. The van der Waals surface area contributed by atoms with Gasteiger partial charge in [0.15, 0.2) is 5.60 Å². The summed E-state index contributed by atoms with van der Waals surface area (Å²) in [6, 6.07) is 12.9. The normalized spacial score (nSPS) is 10.7. The van der Waals surface area contributed by atoms with E-state index in [2.05, 4.69) is 10.6 Å². The minimum atomic E-state index is -1.08. The molecule has 0 aromatic heterocycles. The molecule has 136 valence electrons. The molecule has 0 atom stereocenters. The van der Waals surface area contributed by atoms with Crippen molar-refractivity contribution in [2.75, 3.05) is 18.4 Å². The molecule has 2 aromatic rings. The van der Waals surface area contributed by atoms with E-state index in [0.717, 1.165) is 0 Å². The second-order valence-electron chi connectivity index (χ2n) is 6.02. The van der Waals surface area contributed by atoms with Crippen molar-refractivity contribution in [2.45, 2.75) is 19.4 Å². The van der Waals surface area contributed by atoms with Crippen LogP contribution < -0.4 is 15.4 Å². The van der Waals surface area contributed by atoms with Gasteiger partial charge in [0, 0.05) is 18.1 Å². The number of hydrogen-bond acceptors (Lipinski definition) is 4. The van der Waals surface area contributed by atoms with Gasteiger partial charge >= 0.3 is 0 Å². The van der Waals surface area contributed by atoms with Crippen molar-refractivity contribution in [2.24, 2.45) is 0 Å². The topological polar surface area (TPSA) is 74.2 Å². The van der Waals surface area contributed by atoms with E-state index >= 15 is 0 Å². The fourth-order valence-corrected chi connectivity index (χ4v) is 2.34. The number of nitrogens with one attached hydrogen (secondary N) is 2. The lowest BCUT2D eigenvalue weighted by molar-refractivity contribution is -0.134. The predicted molar refractivity (Wildman–Crippen MR) is 98.8 cm³/mol. The molecule has 2 aromatic carbocycles. The van der Waals surface area contributed by atoms with Gasteiger partial charge in [0.1, 0.15) is 23.2 Å². The highest BCUT2D eigenvalue weighted by atomic mass is 35.5. The first-order valence-corrected chi connectivity index (χ1v) is 8.36. The van der Waals surface area contributed by atoms with Gasteiger partial charge in [-0.2, -0.15) is 5.26 Å². The fraction of sp³-hybridized carbons (Fsp3) is 0.263. The Balaban J connectivity index is 1.85. The van der Waals surface area contributed by atoms with Crippen molar-refractivity contribution in [3.8, 4) is 11.8 Å². The summed E-state index contributed by atoms with van der Waals surface area (Å²) in [5.74, 6) is -0.348. The molecular weight excluding hydrogens is 357 g/mol. The summed E-state index contributed by atoms with van der Waals surface area (Å²) in [5, 5.41) is 15.2. The van der Waals surface area contributed by atoms with E-state index in [9.17, 15) is 9.18 Å². The maximum Gasteiger partial charge on any atom is 0.263 e. The Hall–Kier alpha value is -2.78. The molecule has 0 saturated carbocycles. The van der Waals surface area contributed by atoms with Gasteiger partial charge in [0.25, 0.3) is 5.91 Å². The second-order valence-corrected chi connectivity index (χ2v) is 6.46. The Morgan fingerprint density at radius 1 is 1.23 bits per heavy atom. The lowest BCUT2D eigenvalue weighted by Gasteiger charge is -2.25. The third-order valence-corrected chi connectivity index (χ3v) is 3.84. The average molecular weight is 376 g/mol. The maximum atomic E-state index is 13.5. The number of nitriles is 1. The minimum Gasteiger partial charge on any atom is -0.478 e. The van der Waals surface area contributed by atoms with E-state index in [4.69, 9.17) is 21.6 Å². The quantitative estimate of drug-likeness (QED) is 0.723. The number of nitrogens with zero attached hydrogens (tertiary/aromatic N) is 1. The van der Waals surface area contributed by atoms with Crippen LogP contribution in [0.15, 0.2) is 42.5 Å². The first-order chi connectivity index (χ1) is 12.3. The maximum absolute atomic E-state index is 13.5. The number of rotatable bonds is 7. The summed E-state index contributed by atoms with van der Waals surface area (Å²) in [4.78, 5) is 12.3. The van der Waals surface area contributed by atoms with E-state index in [0.29, 0.717) is 23.0 Å². The molecule has 0 saturated heterocycles. The molecule has 1 amide bonds. The third-order valence-electron chi connectivity index (χ3n) is 3.58. The van der Waals surface area contributed by atoms with E-state index < -0.39 is 11.4 Å². The lowest BCUT2D eigenvalue weighted by atomic mass is 10.1.